The molecule has 0 rings (SSSR count). The Kier molecular flexibility index (Phi) is 15.4. The fourth-order valence-electron chi connectivity index (χ4n) is 2.23. The standard InChI is InChI=1S/C20H34O6/c1-4-18(21)25-15-16-26-20(23)13-9-6-10-14-24-19(22)12-8-5-7-11-17(2)3/h4,17H,1,5-16H2,2-3H3. The van der Waals surface area contributed by atoms with E-state index in [0.717, 1.165) is 38.2 Å². The molecule has 6 nitrogen and oxygen atoms in total. The predicted molar refractivity (Wildman–Crippen MR) is 99.5 cm³/mol. The number of rotatable bonds is 16. The van der Waals surface area contributed by atoms with Gasteiger partial charge in [-0.2, -0.15) is 0 Å². The summed E-state index contributed by atoms with van der Waals surface area (Å²) in [6.45, 7) is 8.15. The Bertz CT molecular complexity index is 417. The van der Waals surface area contributed by atoms with Crippen molar-refractivity contribution in [3.8, 4) is 0 Å². The number of esters is 3. The second-order valence-electron chi connectivity index (χ2n) is 6.62. The highest BCUT2D eigenvalue weighted by molar-refractivity contribution is 5.81. The van der Waals surface area contributed by atoms with Crippen molar-refractivity contribution < 1.29 is 28.6 Å². The molecule has 0 aliphatic carbocycles. The summed E-state index contributed by atoms with van der Waals surface area (Å²) >= 11 is 0. The highest BCUT2D eigenvalue weighted by atomic mass is 16.6. The van der Waals surface area contributed by atoms with E-state index in [-0.39, 0.29) is 25.2 Å². The molecule has 0 radical (unpaired) electrons. The van der Waals surface area contributed by atoms with Gasteiger partial charge < -0.3 is 14.2 Å². The molecule has 0 aromatic carbocycles. The third kappa shape index (κ3) is 17.0. The number of carbonyl (C=O) groups excluding carboxylic acids is 3. The Balaban J connectivity index is 3.38. The maximum absolute atomic E-state index is 11.6. The van der Waals surface area contributed by atoms with E-state index in [1.54, 1.807) is 0 Å². The maximum Gasteiger partial charge on any atom is 0.330 e. The van der Waals surface area contributed by atoms with Crippen molar-refractivity contribution in [2.75, 3.05) is 19.8 Å². The fraction of sp³-hybridized carbons (Fsp3) is 0.750. The molecular weight excluding hydrogens is 336 g/mol. The van der Waals surface area contributed by atoms with Crippen LogP contribution < -0.4 is 0 Å². The quantitative estimate of drug-likeness (QED) is 0.177. The topological polar surface area (TPSA) is 78.9 Å². The molecule has 0 N–H and O–H groups in total. The van der Waals surface area contributed by atoms with Gasteiger partial charge in [-0.1, -0.05) is 39.7 Å². The van der Waals surface area contributed by atoms with Crippen LogP contribution in [0.4, 0.5) is 0 Å². The van der Waals surface area contributed by atoms with Crippen molar-refractivity contribution in [1.82, 2.24) is 0 Å². The molecule has 26 heavy (non-hydrogen) atoms. The van der Waals surface area contributed by atoms with E-state index < -0.39 is 5.97 Å². The van der Waals surface area contributed by atoms with Crippen LogP contribution >= 0.6 is 0 Å². The molecule has 0 spiro atoms. The molecule has 0 aliphatic rings. The molecule has 0 aromatic heterocycles. The van der Waals surface area contributed by atoms with Crippen LogP contribution in [0, 0.1) is 5.92 Å². The minimum absolute atomic E-state index is 0.0318. The summed E-state index contributed by atoms with van der Waals surface area (Å²) in [5.41, 5.74) is 0. The van der Waals surface area contributed by atoms with Crippen LogP contribution in [-0.4, -0.2) is 37.7 Å². The molecule has 0 aromatic rings. The number of ether oxygens (including phenoxy) is 3. The first kappa shape index (κ1) is 24.1. The molecule has 0 heterocycles. The average Bonchev–Trinajstić information content (AvgIpc) is 2.60. The molecule has 0 bridgehead atoms. The first-order valence-corrected chi connectivity index (χ1v) is 9.56. The Labute approximate surface area is 157 Å². The van der Waals surface area contributed by atoms with Crippen molar-refractivity contribution in [2.45, 2.75) is 71.6 Å². The van der Waals surface area contributed by atoms with Crippen molar-refractivity contribution >= 4 is 17.9 Å². The maximum atomic E-state index is 11.6. The lowest BCUT2D eigenvalue weighted by Crippen LogP contribution is -2.12. The first-order chi connectivity index (χ1) is 12.5. The molecule has 0 amide bonds. The van der Waals surface area contributed by atoms with Crippen molar-refractivity contribution in [3.05, 3.63) is 12.7 Å². The van der Waals surface area contributed by atoms with E-state index in [1.807, 2.05) is 0 Å². The largest absolute Gasteiger partial charge is 0.466 e. The van der Waals surface area contributed by atoms with Gasteiger partial charge in [0.1, 0.15) is 13.2 Å². The van der Waals surface area contributed by atoms with Gasteiger partial charge >= 0.3 is 17.9 Å². The highest BCUT2D eigenvalue weighted by Crippen LogP contribution is 2.10. The van der Waals surface area contributed by atoms with E-state index in [2.05, 4.69) is 20.4 Å². The van der Waals surface area contributed by atoms with Crippen LogP contribution in [0.1, 0.15) is 71.6 Å². The molecule has 0 saturated heterocycles. The van der Waals surface area contributed by atoms with Gasteiger partial charge in [-0.05, 0) is 31.6 Å². The van der Waals surface area contributed by atoms with Crippen LogP contribution in [0.15, 0.2) is 12.7 Å². The van der Waals surface area contributed by atoms with Gasteiger partial charge in [0.25, 0.3) is 0 Å². The summed E-state index contributed by atoms with van der Waals surface area (Å²) in [6, 6.07) is 0. The minimum atomic E-state index is -0.536. The van der Waals surface area contributed by atoms with E-state index in [0.29, 0.717) is 31.8 Å². The molecule has 6 heteroatoms. The van der Waals surface area contributed by atoms with Gasteiger partial charge in [-0.3, -0.25) is 9.59 Å². The SMILES string of the molecule is C=CC(=O)OCCOC(=O)CCCCCOC(=O)CCCCCC(C)C. The Morgan fingerprint density at radius 1 is 0.769 bits per heavy atom. The number of hydrogen-bond donors (Lipinski definition) is 0. The second kappa shape index (κ2) is 16.6. The fourth-order valence-corrected chi connectivity index (χ4v) is 2.23. The summed E-state index contributed by atoms with van der Waals surface area (Å²) in [7, 11) is 0. The third-order valence-electron chi connectivity index (χ3n) is 3.71. The normalized spacial score (nSPS) is 10.4. The Morgan fingerprint density at radius 2 is 1.31 bits per heavy atom. The summed E-state index contributed by atoms with van der Waals surface area (Å²) in [6.07, 6.45) is 8.39. The van der Waals surface area contributed by atoms with Crippen molar-refractivity contribution in [2.24, 2.45) is 5.92 Å². The summed E-state index contributed by atoms with van der Waals surface area (Å²) in [5, 5.41) is 0. The van der Waals surface area contributed by atoms with Gasteiger partial charge in [0, 0.05) is 18.9 Å². The van der Waals surface area contributed by atoms with Crippen LogP contribution in [0.25, 0.3) is 0 Å². The third-order valence-corrected chi connectivity index (χ3v) is 3.71. The first-order valence-electron chi connectivity index (χ1n) is 9.56. The summed E-state index contributed by atoms with van der Waals surface area (Å²) in [4.78, 5) is 33.8. The average molecular weight is 370 g/mol. The molecule has 0 aliphatic heterocycles. The van der Waals surface area contributed by atoms with Crippen LogP contribution in [0.5, 0.6) is 0 Å². The molecule has 0 atom stereocenters. The molecule has 150 valence electrons. The highest BCUT2D eigenvalue weighted by Gasteiger charge is 2.05. The number of carbonyl (C=O) groups is 3. The zero-order chi connectivity index (χ0) is 19.6. The lowest BCUT2D eigenvalue weighted by Gasteiger charge is -2.06. The number of hydrogen-bond acceptors (Lipinski definition) is 6. The van der Waals surface area contributed by atoms with Gasteiger partial charge in [-0.25, -0.2) is 4.79 Å². The van der Waals surface area contributed by atoms with Crippen LogP contribution in [0.3, 0.4) is 0 Å². The zero-order valence-corrected chi connectivity index (χ0v) is 16.3. The predicted octanol–water partition coefficient (Wildman–Crippen LogP) is 3.97. The van der Waals surface area contributed by atoms with Gasteiger partial charge in [0.2, 0.25) is 0 Å². The number of unbranched alkanes of at least 4 members (excludes halogenated alkanes) is 4. The van der Waals surface area contributed by atoms with Crippen LogP contribution in [0.2, 0.25) is 0 Å². The smallest absolute Gasteiger partial charge is 0.330 e. The monoisotopic (exact) mass is 370 g/mol. The van der Waals surface area contributed by atoms with Gasteiger partial charge in [0.15, 0.2) is 0 Å². The van der Waals surface area contributed by atoms with Crippen molar-refractivity contribution in [3.63, 3.8) is 0 Å². The molecule has 0 fully saturated rings. The van der Waals surface area contributed by atoms with Gasteiger partial charge in [0.05, 0.1) is 6.61 Å². The lowest BCUT2D eigenvalue weighted by molar-refractivity contribution is -0.149. The Hall–Kier alpha value is -1.85. The van der Waals surface area contributed by atoms with Crippen LogP contribution in [-0.2, 0) is 28.6 Å². The van der Waals surface area contributed by atoms with Crippen molar-refractivity contribution in [1.29, 1.82) is 0 Å². The molecular formula is C20H34O6. The minimum Gasteiger partial charge on any atom is -0.466 e. The molecule has 0 unspecified atom stereocenters. The van der Waals surface area contributed by atoms with E-state index in [9.17, 15) is 14.4 Å². The van der Waals surface area contributed by atoms with E-state index in [1.165, 1.54) is 6.42 Å². The zero-order valence-electron chi connectivity index (χ0n) is 16.3. The van der Waals surface area contributed by atoms with E-state index >= 15 is 0 Å². The summed E-state index contributed by atoms with van der Waals surface area (Å²) in [5.74, 6) is -0.277. The molecule has 0 saturated carbocycles. The lowest BCUT2D eigenvalue weighted by atomic mass is 10.0. The van der Waals surface area contributed by atoms with Gasteiger partial charge in [-0.15, -0.1) is 0 Å². The second-order valence-corrected chi connectivity index (χ2v) is 6.62. The summed E-state index contributed by atoms with van der Waals surface area (Å²) < 4.78 is 14.8. The Morgan fingerprint density at radius 3 is 1.88 bits per heavy atom. The van der Waals surface area contributed by atoms with E-state index in [4.69, 9.17) is 14.2 Å².